The maximum atomic E-state index is 3.94. The van der Waals surface area contributed by atoms with E-state index in [0.29, 0.717) is 0 Å². The quantitative estimate of drug-likeness (QED) is 0.773. The second-order valence-corrected chi connectivity index (χ2v) is 7.61. The summed E-state index contributed by atoms with van der Waals surface area (Å²) in [6, 6.07) is 7.67. The van der Waals surface area contributed by atoms with E-state index < -0.39 is 0 Å². The average Bonchev–Trinajstić information content (AvgIpc) is 2.55. The molecule has 3 atom stereocenters. The molecule has 3 unspecified atom stereocenters. The Kier molecular flexibility index (Phi) is 3.92. The van der Waals surface area contributed by atoms with Crippen molar-refractivity contribution in [1.29, 1.82) is 0 Å². The highest BCUT2D eigenvalue weighted by molar-refractivity contribution is 5.56. The number of anilines is 1. The van der Waals surface area contributed by atoms with E-state index in [1.165, 1.54) is 76.3 Å². The lowest BCUT2D eigenvalue weighted by Gasteiger charge is -2.40. The molecule has 114 valence electrons. The molecule has 3 aliphatic rings. The highest BCUT2D eigenvalue weighted by Crippen LogP contribution is 2.41. The van der Waals surface area contributed by atoms with Gasteiger partial charge in [0.2, 0.25) is 0 Å². The SMILES string of the molecule is c1cc2c(c(NC3CCC4CCCCC4C3)c1)CCCC2. The van der Waals surface area contributed by atoms with Crippen LogP contribution in [-0.4, -0.2) is 6.04 Å². The van der Waals surface area contributed by atoms with Crippen LogP contribution in [0.5, 0.6) is 0 Å². The molecule has 1 aromatic carbocycles. The summed E-state index contributed by atoms with van der Waals surface area (Å²) in [6.07, 6.45) is 15.6. The van der Waals surface area contributed by atoms with Gasteiger partial charge in [0.1, 0.15) is 0 Å². The molecule has 1 N–H and O–H groups in total. The van der Waals surface area contributed by atoms with Crippen molar-refractivity contribution in [2.24, 2.45) is 11.8 Å². The maximum absolute atomic E-state index is 3.94. The molecule has 1 aromatic rings. The van der Waals surface area contributed by atoms with Crippen LogP contribution < -0.4 is 5.32 Å². The molecule has 0 heterocycles. The summed E-state index contributed by atoms with van der Waals surface area (Å²) in [6.45, 7) is 0. The molecule has 0 saturated heterocycles. The minimum Gasteiger partial charge on any atom is -0.382 e. The third-order valence-electron chi connectivity index (χ3n) is 6.30. The van der Waals surface area contributed by atoms with E-state index in [-0.39, 0.29) is 0 Å². The van der Waals surface area contributed by atoms with Gasteiger partial charge < -0.3 is 5.32 Å². The molecule has 2 fully saturated rings. The minimum atomic E-state index is 0.734. The Hall–Kier alpha value is -0.980. The molecule has 4 rings (SSSR count). The maximum Gasteiger partial charge on any atom is 0.0377 e. The van der Waals surface area contributed by atoms with Crippen molar-refractivity contribution in [3.8, 4) is 0 Å². The molecule has 1 nitrogen and oxygen atoms in total. The Labute approximate surface area is 129 Å². The van der Waals surface area contributed by atoms with Crippen molar-refractivity contribution in [2.75, 3.05) is 5.32 Å². The largest absolute Gasteiger partial charge is 0.382 e. The zero-order chi connectivity index (χ0) is 14.1. The Bertz CT molecular complexity index is 493. The van der Waals surface area contributed by atoms with Gasteiger partial charge in [0.05, 0.1) is 0 Å². The van der Waals surface area contributed by atoms with Gasteiger partial charge in [0, 0.05) is 11.7 Å². The smallest absolute Gasteiger partial charge is 0.0377 e. The predicted molar refractivity (Wildman–Crippen MR) is 89.8 cm³/mol. The van der Waals surface area contributed by atoms with Crippen molar-refractivity contribution in [3.63, 3.8) is 0 Å². The van der Waals surface area contributed by atoms with Gasteiger partial charge in [-0.25, -0.2) is 0 Å². The minimum absolute atomic E-state index is 0.734. The molecular formula is C20H29N. The molecule has 21 heavy (non-hydrogen) atoms. The molecule has 0 bridgehead atoms. The molecule has 0 aliphatic heterocycles. The third kappa shape index (κ3) is 2.84. The fraction of sp³-hybridized carbons (Fsp3) is 0.700. The van der Waals surface area contributed by atoms with Crippen molar-refractivity contribution in [1.82, 2.24) is 0 Å². The van der Waals surface area contributed by atoms with Crippen molar-refractivity contribution < 1.29 is 0 Å². The monoisotopic (exact) mass is 283 g/mol. The highest BCUT2D eigenvalue weighted by atomic mass is 14.9. The van der Waals surface area contributed by atoms with Gasteiger partial charge in [-0.1, -0.05) is 37.8 Å². The number of benzene rings is 1. The highest BCUT2D eigenvalue weighted by Gasteiger charge is 2.32. The number of rotatable bonds is 2. The fourth-order valence-corrected chi connectivity index (χ4v) is 5.14. The lowest BCUT2D eigenvalue weighted by atomic mass is 9.69. The first-order chi connectivity index (χ1) is 10.4. The standard InChI is InChI=1S/C20H29N/c1-2-8-17-14-18(13-12-15(17)6-1)21-20-11-5-9-16-7-3-4-10-19(16)20/h5,9,11,15,17-18,21H,1-4,6-8,10,12-14H2. The molecule has 0 aromatic heterocycles. The van der Waals surface area contributed by atoms with Crippen LogP contribution in [0.3, 0.4) is 0 Å². The van der Waals surface area contributed by atoms with Crippen LogP contribution in [0.25, 0.3) is 0 Å². The fourth-order valence-electron chi connectivity index (χ4n) is 5.14. The van der Waals surface area contributed by atoms with Crippen molar-refractivity contribution in [2.45, 2.75) is 76.7 Å². The van der Waals surface area contributed by atoms with E-state index in [9.17, 15) is 0 Å². The number of hydrogen-bond donors (Lipinski definition) is 1. The van der Waals surface area contributed by atoms with Crippen LogP contribution in [0, 0.1) is 11.8 Å². The Morgan fingerprint density at radius 2 is 1.67 bits per heavy atom. The number of nitrogens with one attached hydrogen (secondary N) is 1. The molecule has 0 radical (unpaired) electrons. The van der Waals surface area contributed by atoms with Crippen LogP contribution in [0.1, 0.15) is 68.9 Å². The Balaban J connectivity index is 1.46. The van der Waals surface area contributed by atoms with E-state index in [0.717, 1.165) is 17.9 Å². The molecule has 1 heteroatoms. The van der Waals surface area contributed by atoms with E-state index in [1.807, 2.05) is 0 Å². The van der Waals surface area contributed by atoms with Crippen molar-refractivity contribution >= 4 is 5.69 Å². The second kappa shape index (κ2) is 6.02. The zero-order valence-electron chi connectivity index (χ0n) is 13.2. The van der Waals surface area contributed by atoms with Crippen LogP contribution in [0.2, 0.25) is 0 Å². The van der Waals surface area contributed by atoms with E-state index in [2.05, 4.69) is 23.5 Å². The topological polar surface area (TPSA) is 12.0 Å². The third-order valence-corrected chi connectivity index (χ3v) is 6.30. The lowest BCUT2D eigenvalue weighted by Crippen LogP contribution is -2.34. The number of fused-ring (bicyclic) bond motifs is 2. The van der Waals surface area contributed by atoms with Crippen LogP contribution in [0.4, 0.5) is 5.69 Å². The Morgan fingerprint density at radius 3 is 2.62 bits per heavy atom. The van der Waals surface area contributed by atoms with Crippen LogP contribution in [-0.2, 0) is 12.8 Å². The first-order valence-electron chi connectivity index (χ1n) is 9.27. The number of hydrogen-bond acceptors (Lipinski definition) is 1. The summed E-state index contributed by atoms with van der Waals surface area (Å²) in [5.41, 5.74) is 4.71. The van der Waals surface area contributed by atoms with Crippen LogP contribution >= 0.6 is 0 Å². The van der Waals surface area contributed by atoms with Crippen molar-refractivity contribution in [3.05, 3.63) is 29.3 Å². The lowest BCUT2D eigenvalue weighted by molar-refractivity contribution is 0.162. The molecule has 0 spiro atoms. The van der Waals surface area contributed by atoms with Gasteiger partial charge in [-0.15, -0.1) is 0 Å². The van der Waals surface area contributed by atoms with Gasteiger partial charge in [-0.3, -0.25) is 0 Å². The first kappa shape index (κ1) is 13.7. The van der Waals surface area contributed by atoms with Gasteiger partial charge >= 0.3 is 0 Å². The average molecular weight is 283 g/mol. The zero-order valence-corrected chi connectivity index (χ0v) is 13.2. The summed E-state index contributed by atoms with van der Waals surface area (Å²) in [5.74, 6) is 2.08. The summed E-state index contributed by atoms with van der Waals surface area (Å²) < 4.78 is 0. The molecule has 3 aliphatic carbocycles. The second-order valence-electron chi connectivity index (χ2n) is 7.61. The van der Waals surface area contributed by atoms with E-state index in [4.69, 9.17) is 0 Å². The molecule has 2 saturated carbocycles. The van der Waals surface area contributed by atoms with E-state index >= 15 is 0 Å². The summed E-state index contributed by atoms with van der Waals surface area (Å²) >= 11 is 0. The summed E-state index contributed by atoms with van der Waals surface area (Å²) in [5, 5.41) is 3.94. The predicted octanol–water partition coefficient (Wildman–Crippen LogP) is 5.34. The first-order valence-corrected chi connectivity index (χ1v) is 9.27. The van der Waals surface area contributed by atoms with Crippen LogP contribution in [0.15, 0.2) is 18.2 Å². The summed E-state index contributed by atoms with van der Waals surface area (Å²) in [7, 11) is 0. The van der Waals surface area contributed by atoms with Gasteiger partial charge in [0.15, 0.2) is 0 Å². The van der Waals surface area contributed by atoms with Gasteiger partial charge in [0.25, 0.3) is 0 Å². The number of aryl methyl sites for hydroxylation is 1. The summed E-state index contributed by atoms with van der Waals surface area (Å²) in [4.78, 5) is 0. The normalized spacial score (nSPS) is 32.1. The molecular weight excluding hydrogens is 254 g/mol. The van der Waals surface area contributed by atoms with E-state index in [1.54, 1.807) is 11.1 Å². The van der Waals surface area contributed by atoms with Gasteiger partial charge in [-0.2, -0.15) is 0 Å². The Morgan fingerprint density at radius 1 is 0.810 bits per heavy atom. The molecule has 0 amide bonds. The van der Waals surface area contributed by atoms with Gasteiger partial charge in [-0.05, 0) is 74.0 Å².